The minimum Gasteiger partial charge on any atom is -0.616 e. The van der Waals surface area contributed by atoms with Crippen molar-refractivity contribution in [2.24, 2.45) is 0 Å². The lowest BCUT2D eigenvalue weighted by atomic mass is 10.2. The molecule has 0 aromatic rings. The highest BCUT2D eigenvalue weighted by atomic mass is 32.2. The lowest BCUT2D eigenvalue weighted by Gasteiger charge is -2.11. The summed E-state index contributed by atoms with van der Waals surface area (Å²) in [6.45, 7) is -0.409. The predicted molar refractivity (Wildman–Crippen MR) is 34.8 cm³/mol. The van der Waals surface area contributed by atoms with Crippen LogP contribution in [-0.4, -0.2) is 44.7 Å². The number of rotatable bonds is 1. The van der Waals surface area contributed by atoms with Gasteiger partial charge in [0.2, 0.25) is 0 Å². The first-order chi connectivity index (χ1) is 4.66. The van der Waals surface area contributed by atoms with Crippen LogP contribution in [0.4, 0.5) is 4.39 Å². The maximum Gasteiger partial charge on any atom is 0.175 e. The van der Waals surface area contributed by atoms with Gasteiger partial charge in [-0.1, -0.05) is 0 Å². The van der Waals surface area contributed by atoms with E-state index in [1.165, 1.54) is 0 Å². The molecular weight excluding hydrogens is 159 g/mol. The van der Waals surface area contributed by atoms with E-state index in [0.29, 0.717) is 0 Å². The summed E-state index contributed by atoms with van der Waals surface area (Å²) in [5.41, 5.74) is 0. The monoisotopic (exact) mass is 168 g/mol. The second-order valence-corrected chi connectivity index (χ2v) is 3.98. The molecule has 0 bridgehead atoms. The van der Waals surface area contributed by atoms with Crippen molar-refractivity contribution in [1.82, 2.24) is 0 Å². The third kappa shape index (κ3) is 1.27. The average Bonchev–Trinajstić information content (AvgIpc) is 2.09. The van der Waals surface area contributed by atoms with Gasteiger partial charge in [-0.25, -0.2) is 4.39 Å². The zero-order chi connectivity index (χ0) is 7.72. The highest BCUT2D eigenvalue weighted by molar-refractivity contribution is 7.92. The maximum absolute atomic E-state index is 12.5. The van der Waals surface area contributed by atoms with Crippen LogP contribution in [0.2, 0.25) is 0 Å². The van der Waals surface area contributed by atoms with Crippen molar-refractivity contribution in [3.05, 3.63) is 0 Å². The van der Waals surface area contributed by atoms with Gasteiger partial charge in [0.05, 0.1) is 6.61 Å². The van der Waals surface area contributed by atoms with E-state index in [4.69, 9.17) is 10.2 Å². The first-order valence-corrected chi connectivity index (χ1v) is 4.35. The molecule has 1 aliphatic heterocycles. The average molecular weight is 168 g/mol. The predicted octanol–water partition coefficient (Wildman–Crippen LogP) is -1.19. The normalized spacial score (nSPS) is 48.0. The van der Waals surface area contributed by atoms with Crippen LogP contribution >= 0.6 is 0 Å². The minimum atomic E-state index is -1.43. The molecule has 1 aliphatic rings. The summed E-state index contributed by atoms with van der Waals surface area (Å²) in [6.07, 6.45) is -2.68. The molecule has 1 saturated heterocycles. The Morgan fingerprint density at radius 1 is 1.70 bits per heavy atom. The largest absolute Gasteiger partial charge is 0.616 e. The van der Waals surface area contributed by atoms with Gasteiger partial charge < -0.3 is 14.8 Å². The molecule has 60 valence electrons. The Hall–Kier alpha value is 0.160. The van der Waals surface area contributed by atoms with Crippen LogP contribution in [0.25, 0.3) is 0 Å². The second-order valence-electron chi connectivity index (χ2n) is 2.28. The number of halogens is 1. The second kappa shape index (κ2) is 3.04. The van der Waals surface area contributed by atoms with E-state index < -0.39 is 35.3 Å². The Balaban J connectivity index is 2.55. The molecule has 5 heteroatoms. The summed E-state index contributed by atoms with van der Waals surface area (Å²) in [5, 5.41) is 16.6. The standard InChI is InChI=1S/C5H9FO3S/c6-3-2-10(9)4(1-7)5(3)8/h3-5,7-8H,1-2H2/t3-,4-,5+,10-/m1/s1. The van der Waals surface area contributed by atoms with Crippen molar-refractivity contribution in [2.45, 2.75) is 17.5 Å². The van der Waals surface area contributed by atoms with E-state index in [0.717, 1.165) is 0 Å². The third-order valence-electron chi connectivity index (χ3n) is 1.59. The molecule has 0 aromatic heterocycles. The molecule has 0 aromatic carbocycles. The highest BCUT2D eigenvalue weighted by Crippen LogP contribution is 2.22. The number of aliphatic hydroxyl groups excluding tert-OH is 2. The molecule has 0 saturated carbocycles. The smallest absolute Gasteiger partial charge is 0.175 e. The summed E-state index contributed by atoms with van der Waals surface area (Å²) < 4.78 is 23.2. The van der Waals surface area contributed by atoms with Crippen LogP contribution in [-0.2, 0) is 11.2 Å². The summed E-state index contributed by atoms with van der Waals surface area (Å²) >= 11 is -1.40. The molecule has 4 atom stereocenters. The molecule has 0 radical (unpaired) electrons. The maximum atomic E-state index is 12.5. The van der Waals surface area contributed by atoms with Crippen molar-refractivity contribution in [1.29, 1.82) is 0 Å². The Kier molecular flexibility index (Phi) is 2.51. The molecule has 3 nitrogen and oxygen atoms in total. The van der Waals surface area contributed by atoms with Gasteiger partial charge >= 0.3 is 0 Å². The van der Waals surface area contributed by atoms with Crippen molar-refractivity contribution in [2.75, 3.05) is 12.4 Å². The molecule has 0 aliphatic carbocycles. The van der Waals surface area contributed by atoms with Crippen molar-refractivity contribution < 1.29 is 19.2 Å². The van der Waals surface area contributed by atoms with E-state index in [2.05, 4.69) is 0 Å². The van der Waals surface area contributed by atoms with Crippen LogP contribution in [0.3, 0.4) is 0 Å². The van der Waals surface area contributed by atoms with Gasteiger partial charge in [-0.15, -0.1) is 0 Å². The van der Waals surface area contributed by atoms with Gasteiger partial charge in [0.1, 0.15) is 11.9 Å². The summed E-state index contributed by atoms with van der Waals surface area (Å²) in [7, 11) is 0. The van der Waals surface area contributed by atoms with Gasteiger partial charge in [-0.05, 0) is 11.2 Å². The van der Waals surface area contributed by atoms with Gasteiger partial charge in [-0.2, -0.15) is 0 Å². The lowest BCUT2D eigenvalue weighted by Crippen LogP contribution is -2.32. The summed E-state index contributed by atoms with van der Waals surface area (Å²) in [5.74, 6) is -0.146. The Morgan fingerprint density at radius 2 is 2.30 bits per heavy atom. The molecule has 0 unspecified atom stereocenters. The summed E-state index contributed by atoms with van der Waals surface area (Å²) in [6, 6.07) is 0. The third-order valence-corrected chi connectivity index (χ3v) is 3.34. The molecule has 1 fully saturated rings. The fourth-order valence-electron chi connectivity index (χ4n) is 0.959. The molecule has 10 heavy (non-hydrogen) atoms. The molecule has 1 rings (SSSR count). The number of hydrogen-bond acceptors (Lipinski definition) is 3. The Morgan fingerprint density at radius 3 is 2.50 bits per heavy atom. The number of alkyl halides is 1. The van der Waals surface area contributed by atoms with Crippen molar-refractivity contribution >= 4 is 11.2 Å². The van der Waals surface area contributed by atoms with Crippen LogP contribution in [0, 0.1) is 0 Å². The van der Waals surface area contributed by atoms with Gasteiger partial charge in [0.15, 0.2) is 11.4 Å². The SMILES string of the molecule is [O-][S@+]1C[C@@H](F)[C@H](O)[C@H]1CO. The van der Waals surface area contributed by atoms with Crippen molar-refractivity contribution in [3.63, 3.8) is 0 Å². The van der Waals surface area contributed by atoms with Crippen LogP contribution in [0.15, 0.2) is 0 Å². The Bertz CT molecular complexity index is 123. The van der Waals surface area contributed by atoms with Crippen molar-refractivity contribution in [3.8, 4) is 0 Å². The number of aliphatic hydroxyl groups is 2. The van der Waals surface area contributed by atoms with Crippen LogP contribution < -0.4 is 0 Å². The number of hydrogen-bond donors (Lipinski definition) is 2. The van der Waals surface area contributed by atoms with Gasteiger partial charge in [-0.3, -0.25) is 0 Å². The molecule has 2 N–H and O–H groups in total. The molecule has 0 spiro atoms. The van der Waals surface area contributed by atoms with Crippen LogP contribution in [0.1, 0.15) is 0 Å². The first-order valence-electron chi connectivity index (χ1n) is 2.97. The van der Waals surface area contributed by atoms with Crippen LogP contribution in [0.5, 0.6) is 0 Å². The van der Waals surface area contributed by atoms with E-state index in [1.54, 1.807) is 0 Å². The Labute approximate surface area is 61.0 Å². The zero-order valence-electron chi connectivity index (χ0n) is 5.24. The van der Waals surface area contributed by atoms with E-state index in [9.17, 15) is 8.94 Å². The van der Waals surface area contributed by atoms with E-state index in [-0.39, 0.29) is 5.75 Å². The fraction of sp³-hybridized carbons (Fsp3) is 1.00. The quantitative estimate of drug-likeness (QED) is 0.484. The van der Waals surface area contributed by atoms with Gasteiger partial charge in [0.25, 0.3) is 0 Å². The molecule has 1 heterocycles. The zero-order valence-corrected chi connectivity index (χ0v) is 6.05. The summed E-state index contributed by atoms with van der Waals surface area (Å²) in [4.78, 5) is 0. The lowest BCUT2D eigenvalue weighted by molar-refractivity contribution is 0.0810. The minimum absolute atomic E-state index is 0.146. The molecular formula is C5H9FO3S. The fourth-order valence-corrected chi connectivity index (χ4v) is 2.36. The van der Waals surface area contributed by atoms with E-state index in [1.807, 2.05) is 0 Å². The molecule has 0 amide bonds. The first kappa shape index (κ1) is 8.26. The van der Waals surface area contributed by atoms with Gasteiger partial charge in [0, 0.05) is 0 Å². The van der Waals surface area contributed by atoms with E-state index >= 15 is 0 Å². The highest BCUT2D eigenvalue weighted by Gasteiger charge is 2.45. The topological polar surface area (TPSA) is 63.5 Å².